The Kier molecular flexibility index (Phi) is 12.5. The van der Waals surface area contributed by atoms with Crippen LogP contribution < -0.4 is 0 Å². The number of carbonyl (C=O) groups excluding carboxylic acids is 3. The SMILES string of the molecule is COCCCCc1cc(C(=O)N(C(C)C)C2CCCN(C(=O)OC(C)(C)C)C2)ccc1-c1cc(C(=O)N2CCSCC2)ccc1F. The third-order valence-corrected chi connectivity index (χ3v) is 9.37. The molecule has 2 aliphatic rings. The van der Waals surface area contributed by atoms with Gasteiger partial charge in [0.15, 0.2) is 0 Å². The highest BCUT2D eigenvalue weighted by Gasteiger charge is 2.34. The first-order valence-electron chi connectivity index (χ1n) is 16.5. The van der Waals surface area contributed by atoms with Crippen molar-refractivity contribution in [2.45, 2.75) is 84.4 Å². The standard InChI is InChI=1S/C36H50FN3O5S/c1-25(2)40(29-11-9-16-39(24-29)35(43)45-36(3,4)5)34(42)27-12-14-30(26(22-27)10-7-8-19-44-6)31-23-28(13-15-32(31)37)33(41)38-17-20-46-21-18-38/h12-15,22-23,25,29H,7-11,16-21,24H2,1-6H3. The number of nitrogens with zero attached hydrogens (tertiary/aromatic N) is 3. The molecule has 1 unspecified atom stereocenters. The van der Waals surface area contributed by atoms with Gasteiger partial charge in [0, 0.05) is 74.1 Å². The highest BCUT2D eigenvalue weighted by Crippen LogP contribution is 2.32. The molecule has 0 spiro atoms. The summed E-state index contributed by atoms with van der Waals surface area (Å²) >= 11 is 1.83. The molecule has 2 aromatic rings. The molecule has 46 heavy (non-hydrogen) atoms. The largest absolute Gasteiger partial charge is 0.444 e. The second kappa shape index (κ2) is 16.1. The van der Waals surface area contributed by atoms with Crippen LogP contribution in [0, 0.1) is 5.82 Å². The monoisotopic (exact) mass is 655 g/mol. The Balaban J connectivity index is 1.64. The van der Waals surface area contributed by atoms with Crippen LogP contribution in [0.4, 0.5) is 9.18 Å². The van der Waals surface area contributed by atoms with E-state index >= 15 is 4.39 Å². The number of unbranched alkanes of at least 4 members (excludes halogenated alkanes) is 1. The number of likely N-dealkylation sites (tertiary alicyclic amines) is 1. The summed E-state index contributed by atoms with van der Waals surface area (Å²) in [6.45, 7) is 12.5. The minimum absolute atomic E-state index is 0.0875. The van der Waals surface area contributed by atoms with E-state index in [4.69, 9.17) is 9.47 Å². The van der Waals surface area contributed by atoms with Crippen molar-refractivity contribution in [3.8, 4) is 11.1 Å². The molecule has 2 saturated heterocycles. The van der Waals surface area contributed by atoms with Gasteiger partial charge in [-0.05, 0) is 108 Å². The van der Waals surface area contributed by atoms with Gasteiger partial charge in [-0.15, -0.1) is 0 Å². The van der Waals surface area contributed by atoms with Gasteiger partial charge in [-0.25, -0.2) is 9.18 Å². The van der Waals surface area contributed by atoms with Gasteiger partial charge in [-0.2, -0.15) is 11.8 Å². The van der Waals surface area contributed by atoms with Crippen LogP contribution in [0.3, 0.4) is 0 Å². The number of hydrogen-bond acceptors (Lipinski definition) is 6. The number of piperidine rings is 1. The van der Waals surface area contributed by atoms with E-state index in [0.717, 1.165) is 42.8 Å². The smallest absolute Gasteiger partial charge is 0.410 e. The Morgan fingerprint density at radius 1 is 0.978 bits per heavy atom. The topological polar surface area (TPSA) is 79.4 Å². The van der Waals surface area contributed by atoms with E-state index < -0.39 is 11.4 Å². The Bertz CT molecular complexity index is 1370. The summed E-state index contributed by atoms with van der Waals surface area (Å²) in [5.41, 5.74) is 2.28. The minimum Gasteiger partial charge on any atom is -0.444 e. The first-order chi connectivity index (χ1) is 21.9. The van der Waals surface area contributed by atoms with Crippen molar-refractivity contribution in [3.05, 3.63) is 58.9 Å². The third-order valence-electron chi connectivity index (χ3n) is 8.43. The van der Waals surface area contributed by atoms with Crippen LogP contribution in [-0.2, 0) is 15.9 Å². The zero-order valence-corrected chi connectivity index (χ0v) is 29.1. The van der Waals surface area contributed by atoms with Crippen LogP contribution >= 0.6 is 11.8 Å². The molecule has 10 heteroatoms. The number of halogens is 1. The fourth-order valence-corrected chi connectivity index (χ4v) is 7.12. The molecule has 0 aromatic heterocycles. The molecule has 0 saturated carbocycles. The Hall–Kier alpha value is -3.11. The van der Waals surface area contributed by atoms with E-state index in [1.807, 2.05) is 68.3 Å². The lowest BCUT2D eigenvalue weighted by Crippen LogP contribution is -2.54. The van der Waals surface area contributed by atoms with E-state index in [1.165, 1.54) is 6.07 Å². The van der Waals surface area contributed by atoms with Crippen LogP contribution in [-0.4, -0.2) is 102 Å². The highest BCUT2D eigenvalue weighted by atomic mass is 32.2. The average molecular weight is 656 g/mol. The first kappa shape index (κ1) is 35.7. The van der Waals surface area contributed by atoms with Crippen LogP contribution in [0.15, 0.2) is 36.4 Å². The van der Waals surface area contributed by atoms with E-state index in [1.54, 1.807) is 30.2 Å². The van der Waals surface area contributed by atoms with Crippen molar-refractivity contribution >= 4 is 29.7 Å². The summed E-state index contributed by atoms with van der Waals surface area (Å²) in [6, 6.07) is 9.78. The molecular formula is C36H50FN3O5S. The molecule has 2 heterocycles. The van der Waals surface area contributed by atoms with Crippen LogP contribution in [0.2, 0.25) is 0 Å². The van der Waals surface area contributed by atoms with Crippen molar-refractivity contribution in [2.24, 2.45) is 0 Å². The van der Waals surface area contributed by atoms with Gasteiger partial charge in [0.25, 0.3) is 11.8 Å². The zero-order valence-electron chi connectivity index (χ0n) is 28.3. The lowest BCUT2D eigenvalue weighted by molar-refractivity contribution is 0.00752. The molecule has 0 bridgehead atoms. The van der Waals surface area contributed by atoms with Gasteiger partial charge in [-0.3, -0.25) is 9.59 Å². The van der Waals surface area contributed by atoms with Gasteiger partial charge in [-0.1, -0.05) is 6.07 Å². The number of hydrogen-bond donors (Lipinski definition) is 0. The predicted octanol–water partition coefficient (Wildman–Crippen LogP) is 6.90. The molecule has 2 aliphatic heterocycles. The Morgan fingerprint density at radius 3 is 2.37 bits per heavy atom. The van der Waals surface area contributed by atoms with E-state index in [2.05, 4.69) is 0 Å². The van der Waals surface area contributed by atoms with Crippen molar-refractivity contribution in [1.82, 2.24) is 14.7 Å². The maximum atomic E-state index is 15.5. The predicted molar refractivity (Wildman–Crippen MR) is 182 cm³/mol. The Labute approximate surface area is 278 Å². The summed E-state index contributed by atoms with van der Waals surface area (Å²) in [4.78, 5) is 45.8. The number of aryl methyl sites for hydroxylation is 1. The fourth-order valence-electron chi connectivity index (χ4n) is 6.22. The summed E-state index contributed by atoms with van der Waals surface area (Å²) < 4.78 is 26.3. The number of benzene rings is 2. The average Bonchev–Trinajstić information content (AvgIpc) is 3.02. The molecular weight excluding hydrogens is 605 g/mol. The number of ether oxygens (including phenoxy) is 2. The second-order valence-corrected chi connectivity index (χ2v) is 14.7. The highest BCUT2D eigenvalue weighted by molar-refractivity contribution is 7.99. The number of thioether (sulfide) groups is 1. The van der Waals surface area contributed by atoms with Crippen molar-refractivity contribution in [3.63, 3.8) is 0 Å². The van der Waals surface area contributed by atoms with E-state index in [-0.39, 0.29) is 30.0 Å². The van der Waals surface area contributed by atoms with E-state index in [9.17, 15) is 14.4 Å². The van der Waals surface area contributed by atoms with Gasteiger partial charge in [0.05, 0.1) is 6.04 Å². The van der Waals surface area contributed by atoms with Gasteiger partial charge in [0.1, 0.15) is 11.4 Å². The summed E-state index contributed by atoms with van der Waals surface area (Å²) in [6.07, 6.45) is 3.44. The van der Waals surface area contributed by atoms with Crippen LogP contribution in [0.1, 0.15) is 86.6 Å². The molecule has 3 amide bonds. The van der Waals surface area contributed by atoms with Crippen molar-refractivity contribution in [1.29, 1.82) is 0 Å². The fraction of sp³-hybridized carbons (Fsp3) is 0.583. The van der Waals surface area contributed by atoms with Crippen molar-refractivity contribution in [2.75, 3.05) is 51.4 Å². The maximum Gasteiger partial charge on any atom is 0.410 e. The second-order valence-electron chi connectivity index (χ2n) is 13.4. The molecule has 4 rings (SSSR count). The summed E-state index contributed by atoms with van der Waals surface area (Å²) in [7, 11) is 1.67. The summed E-state index contributed by atoms with van der Waals surface area (Å²) in [5, 5.41) is 0. The molecule has 2 aromatic carbocycles. The quantitative estimate of drug-likeness (QED) is 0.259. The first-order valence-corrected chi connectivity index (χ1v) is 17.6. The lowest BCUT2D eigenvalue weighted by atomic mass is 9.92. The minimum atomic E-state index is -0.599. The molecule has 1 atom stereocenters. The Morgan fingerprint density at radius 2 is 1.70 bits per heavy atom. The van der Waals surface area contributed by atoms with Gasteiger partial charge in [0.2, 0.25) is 0 Å². The molecule has 8 nitrogen and oxygen atoms in total. The lowest BCUT2D eigenvalue weighted by Gasteiger charge is -2.41. The summed E-state index contributed by atoms with van der Waals surface area (Å²) in [5.74, 6) is 1.18. The van der Waals surface area contributed by atoms with Crippen molar-refractivity contribution < 1.29 is 28.2 Å². The molecule has 0 N–H and O–H groups in total. The number of amides is 3. The zero-order chi connectivity index (χ0) is 33.4. The van der Waals surface area contributed by atoms with Gasteiger partial charge < -0.3 is 24.2 Å². The van der Waals surface area contributed by atoms with E-state index in [0.29, 0.717) is 61.5 Å². The number of methoxy groups -OCH3 is 1. The maximum absolute atomic E-state index is 15.5. The molecule has 252 valence electrons. The molecule has 2 fully saturated rings. The van der Waals surface area contributed by atoms with Gasteiger partial charge >= 0.3 is 6.09 Å². The molecule has 0 radical (unpaired) electrons. The number of rotatable bonds is 10. The van der Waals surface area contributed by atoms with Crippen LogP contribution in [0.25, 0.3) is 11.1 Å². The third kappa shape index (κ3) is 9.25. The van der Waals surface area contributed by atoms with Crippen LogP contribution in [0.5, 0.6) is 0 Å². The number of carbonyl (C=O) groups is 3. The molecule has 0 aliphatic carbocycles. The normalized spacial score (nSPS) is 17.3.